The Hall–Kier alpha value is -1.13. The second-order valence-electron chi connectivity index (χ2n) is 5.02. The highest BCUT2D eigenvalue weighted by atomic mass is 32.1. The Bertz CT molecular complexity index is 515. The van der Waals surface area contributed by atoms with Crippen LogP contribution in [0.1, 0.15) is 55.2 Å². The van der Waals surface area contributed by atoms with Crippen molar-refractivity contribution in [3.8, 4) is 0 Å². The van der Waals surface area contributed by atoms with Crippen LogP contribution in [0.4, 0.5) is 0 Å². The zero-order valence-corrected chi connectivity index (χ0v) is 13.5. The summed E-state index contributed by atoms with van der Waals surface area (Å²) in [6.45, 7) is 8.67. The van der Waals surface area contributed by atoms with Crippen LogP contribution in [0, 0.1) is 0 Å². The lowest BCUT2D eigenvalue weighted by Gasteiger charge is -2.18. The van der Waals surface area contributed by atoms with Crippen molar-refractivity contribution in [1.82, 2.24) is 14.9 Å². The first kappa shape index (κ1) is 15.3. The Morgan fingerprint density at radius 1 is 1.25 bits per heavy atom. The number of thiophene rings is 1. The predicted octanol–water partition coefficient (Wildman–Crippen LogP) is 4.01. The van der Waals surface area contributed by atoms with Gasteiger partial charge in [0.15, 0.2) is 0 Å². The number of nitrogens with zero attached hydrogens (tertiary/aromatic N) is 2. The maximum Gasteiger partial charge on any atom is 0.131 e. The third-order valence-electron chi connectivity index (χ3n) is 3.38. The molecule has 4 heteroatoms. The van der Waals surface area contributed by atoms with E-state index in [-0.39, 0.29) is 6.04 Å². The van der Waals surface area contributed by atoms with Gasteiger partial charge in [-0.05, 0) is 37.9 Å². The van der Waals surface area contributed by atoms with E-state index in [0.717, 1.165) is 38.2 Å². The van der Waals surface area contributed by atoms with E-state index in [1.54, 1.807) is 0 Å². The van der Waals surface area contributed by atoms with E-state index < -0.39 is 0 Å². The molecule has 0 bridgehead atoms. The zero-order chi connectivity index (χ0) is 14.4. The third kappa shape index (κ3) is 3.49. The second-order valence-corrected chi connectivity index (χ2v) is 6.22. The zero-order valence-electron chi connectivity index (χ0n) is 12.7. The molecule has 1 atom stereocenters. The Morgan fingerprint density at radius 2 is 2.10 bits per heavy atom. The minimum atomic E-state index is 0.224. The smallest absolute Gasteiger partial charge is 0.131 e. The van der Waals surface area contributed by atoms with E-state index in [9.17, 15) is 0 Å². The van der Waals surface area contributed by atoms with Gasteiger partial charge in [0, 0.05) is 28.7 Å². The molecule has 20 heavy (non-hydrogen) atoms. The molecule has 0 aliphatic rings. The second kappa shape index (κ2) is 7.60. The fraction of sp³-hybridized carbons (Fsp3) is 0.562. The maximum atomic E-state index is 4.61. The minimum absolute atomic E-state index is 0.224. The fourth-order valence-corrected chi connectivity index (χ4v) is 3.38. The third-order valence-corrected chi connectivity index (χ3v) is 4.68. The van der Waals surface area contributed by atoms with Crippen LogP contribution < -0.4 is 5.32 Å². The minimum Gasteiger partial charge on any atom is -0.333 e. The highest BCUT2D eigenvalue weighted by molar-refractivity contribution is 7.12. The van der Waals surface area contributed by atoms with Gasteiger partial charge in [0.05, 0.1) is 0 Å². The molecule has 110 valence electrons. The van der Waals surface area contributed by atoms with Gasteiger partial charge in [-0.3, -0.25) is 0 Å². The molecule has 0 spiro atoms. The maximum absolute atomic E-state index is 4.61. The Kier molecular flexibility index (Phi) is 5.80. The molecule has 2 rings (SSSR count). The first-order valence-electron chi connectivity index (χ1n) is 7.63. The SMILES string of the molecule is CCCNC(c1ccc(CC)s1)c1nccn1CCC. The summed E-state index contributed by atoms with van der Waals surface area (Å²) in [6, 6.07) is 4.72. The van der Waals surface area contributed by atoms with Gasteiger partial charge in [-0.1, -0.05) is 20.8 Å². The standard InChI is InChI=1S/C16H25N3S/c1-4-9-17-15(14-8-7-13(6-3)20-14)16-18-10-12-19(16)11-5-2/h7-8,10,12,15,17H,4-6,9,11H2,1-3H3. The van der Waals surface area contributed by atoms with Gasteiger partial charge in [0.1, 0.15) is 11.9 Å². The van der Waals surface area contributed by atoms with Gasteiger partial charge in [0.25, 0.3) is 0 Å². The van der Waals surface area contributed by atoms with Crippen LogP contribution in [0.25, 0.3) is 0 Å². The Morgan fingerprint density at radius 3 is 2.75 bits per heavy atom. The molecule has 0 radical (unpaired) electrons. The topological polar surface area (TPSA) is 29.9 Å². The number of aryl methyl sites for hydroxylation is 2. The summed E-state index contributed by atoms with van der Waals surface area (Å²) in [7, 11) is 0. The average Bonchev–Trinajstić information content (AvgIpc) is 3.10. The quantitative estimate of drug-likeness (QED) is 0.796. The van der Waals surface area contributed by atoms with Crippen molar-refractivity contribution in [1.29, 1.82) is 0 Å². The summed E-state index contributed by atoms with van der Waals surface area (Å²) >= 11 is 1.90. The van der Waals surface area contributed by atoms with Crippen molar-refractivity contribution in [2.24, 2.45) is 0 Å². The predicted molar refractivity (Wildman–Crippen MR) is 86.4 cm³/mol. The van der Waals surface area contributed by atoms with Gasteiger partial charge < -0.3 is 9.88 Å². The molecule has 0 amide bonds. The summed E-state index contributed by atoms with van der Waals surface area (Å²) in [5.41, 5.74) is 0. The molecule has 0 fully saturated rings. The van der Waals surface area contributed by atoms with E-state index in [1.165, 1.54) is 9.75 Å². The number of imidazole rings is 1. The van der Waals surface area contributed by atoms with Crippen molar-refractivity contribution < 1.29 is 0 Å². The van der Waals surface area contributed by atoms with Crippen molar-refractivity contribution >= 4 is 11.3 Å². The van der Waals surface area contributed by atoms with Gasteiger partial charge in [-0.15, -0.1) is 11.3 Å². The first-order valence-corrected chi connectivity index (χ1v) is 8.44. The Labute approximate surface area is 126 Å². The molecular weight excluding hydrogens is 266 g/mol. The largest absolute Gasteiger partial charge is 0.333 e. The highest BCUT2D eigenvalue weighted by Crippen LogP contribution is 2.28. The van der Waals surface area contributed by atoms with Gasteiger partial charge in [0.2, 0.25) is 0 Å². The molecule has 2 aromatic heterocycles. The normalized spacial score (nSPS) is 12.8. The molecular formula is C16H25N3S. The number of nitrogens with one attached hydrogen (secondary N) is 1. The Balaban J connectivity index is 2.28. The lowest BCUT2D eigenvalue weighted by Crippen LogP contribution is -2.25. The lowest BCUT2D eigenvalue weighted by molar-refractivity contribution is 0.535. The van der Waals surface area contributed by atoms with Crippen molar-refractivity contribution in [3.05, 3.63) is 40.1 Å². The van der Waals surface area contributed by atoms with Crippen LogP contribution in [0.2, 0.25) is 0 Å². The number of aromatic nitrogens is 2. The van der Waals surface area contributed by atoms with Crippen LogP contribution in [-0.2, 0) is 13.0 Å². The monoisotopic (exact) mass is 291 g/mol. The number of rotatable bonds is 8. The van der Waals surface area contributed by atoms with Crippen LogP contribution >= 0.6 is 11.3 Å². The summed E-state index contributed by atoms with van der Waals surface area (Å²) in [4.78, 5) is 7.42. The van der Waals surface area contributed by atoms with Crippen LogP contribution in [0.15, 0.2) is 24.5 Å². The summed E-state index contributed by atoms with van der Waals surface area (Å²) in [5, 5.41) is 3.65. The van der Waals surface area contributed by atoms with Gasteiger partial charge in [-0.2, -0.15) is 0 Å². The molecule has 0 aliphatic carbocycles. The molecule has 1 N–H and O–H groups in total. The molecule has 2 heterocycles. The molecule has 0 saturated heterocycles. The average molecular weight is 291 g/mol. The van der Waals surface area contributed by atoms with Crippen molar-refractivity contribution in [2.45, 2.75) is 52.6 Å². The van der Waals surface area contributed by atoms with E-state index in [2.05, 4.69) is 54.0 Å². The summed E-state index contributed by atoms with van der Waals surface area (Å²) in [6.07, 6.45) is 7.38. The fourth-order valence-electron chi connectivity index (χ4n) is 2.36. The van der Waals surface area contributed by atoms with Crippen molar-refractivity contribution in [2.75, 3.05) is 6.54 Å². The highest BCUT2D eigenvalue weighted by Gasteiger charge is 2.20. The van der Waals surface area contributed by atoms with Crippen LogP contribution in [0.3, 0.4) is 0 Å². The van der Waals surface area contributed by atoms with E-state index >= 15 is 0 Å². The van der Waals surface area contributed by atoms with Crippen molar-refractivity contribution in [3.63, 3.8) is 0 Å². The van der Waals surface area contributed by atoms with Crippen LogP contribution in [-0.4, -0.2) is 16.1 Å². The van der Waals surface area contributed by atoms with E-state index in [0.29, 0.717) is 0 Å². The number of hydrogen-bond donors (Lipinski definition) is 1. The number of hydrogen-bond acceptors (Lipinski definition) is 3. The van der Waals surface area contributed by atoms with E-state index in [1.807, 2.05) is 17.5 Å². The van der Waals surface area contributed by atoms with Crippen LogP contribution in [0.5, 0.6) is 0 Å². The molecule has 0 aliphatic heterocycles. The molecule has 2 aromatic rings. The van der Waals surface area contributed by atoms with Gasteiger partial charge in [-0.25, -0.2) is 4.98 Å². The van der Waals surface area contributed by atoms with E-state index in [4.69, 9.17) is 0 Å². The van der Waals surface area contributed by atoms with Gasteiger partial charge >= 0.3 is 0 Å². The molecule has 0 aromatic carbocycles. The summed E-state index contributed by atoms with van der Waals surface area (Å²) in [5.74, 6) is 1.14. The summed E-state index contributed by atoms with van der Waals surface area (Å²) < 4.78 is 2.28. The molecule has 3 nitrogen and oxygen atoms in total. The first-order chi connectivity index (χ1) is 9.80. The molecule has 1 unspecified atom stereocenters. The lowest BCUT2D eigenvalue weighted by atomic mass is 10.2. The molecule has 0 saturated carbocycles.